The highest BCUT2D eigenvalue weighted by Crippen LogP contribution is 2.34. The summed E-state index contributed by atoms with van der Waals surface area (Å²) in [7, 11) is -2.94. The van der Waals surface area contributed by atoms with Crippen LogP contribution >= 0.6 is 11.8 Å². The first kappa shape index (κ1) is 16.3. The van der Waals surface area contributed by atoms with Crippen molar-refractivity contribution in [2.45, 2.75) is 31.2 Å². The predicted octanol–water partition coefficient (Wildman–Crippen LogP) is 1.51. The van der Waals surface area contributed by atoms with E-state index in [1.807, 2.05) is 26.0 Å². The Morgan fingerprint density at radius 2 is 2.13 bits per heavy atom. The van der Waals surface area contributed by atoms with Gasteiger partial charge in [-0.2, -0.15) is 0 Å². The third-order valence-corrected chi connectivity index (χ3v) is 6.76. The zero-order valence-corrected chi connectivity index (χ0v) is 14.6. The summed E-state index contributed by atoms with van der Waals surface area (Å²) in [5, 5.41) is 6.76. The third-order valence-electron chi connectivity index (χ3n) is 3.61. The highest BCUT2D eigenvalue weighted by molar-refractivity contribution is 8.15. The zero-order valence-electron chi connectivity index (χ0n) is 12.9. The topological polar surface area (TPSA) is 87.6 Å². The summed E-state index contributed by atoms with van der Waals surface area (Å²) in [6.07, 6.45) is 0. The maximum absolute atomic E-state index is 12.0. The van der Waals surface area contributed by atoms with Crippen LogP contribution in [0.15, 0.2) is 29.3 Å². The number of fused-ring (bicyclic) bond motifs is 1. The lowest BCUT2D eigenvalue weighted by Crippen LogP contribution is -2.30. The molecule has 1 aromatic carbocycles. The van der Waals surface area contributed by atoms with Gasteiger partial charge in [-0.1, -0.05) is 17.8 Å². The van der Waals surface area contributed by atoms with E-state index < -0.39 is 9.84 Å². The van der Waals surface area contributed by atoms with Crippen LogP contribution in [0.3, 0.4) is 0 Å². The van der Waals surface area contributed by atoms with Crippen LogP contribution in [0.2, 0.25) is 0 Å². The summed E-state index contributed by atoms with van der Waals surface area (Å²) in [6, 6.07) is 7.12. The van der Waals surface area contributed by atoms with Gasteiger partial charge >= 0.3 is 0 Å². The van der Waals surface area contributed by atoms with E-state index in [0.717, 1.165) is 10.9 Å². The fraction of sp³-hybridized carbons (Fsp3) is 0.467. The number of amidine groups is 1. The van der Waals surface area contributed by atoms with Gasteiger partial charge < -0.3 is 10.6 Å². The second kappa shape index (κ2) is 6.16. The van der Waals surface area contributed by atoms with Crippen molar-refractivity contribution >= 4 is 38.4 Å². The molecule has 1 aromatic rings. The van der Waals surface area contributed by atoms with Gasteiger partial charge in [-0.15, -0.1) is 0 Å². The van der Waals surface area contributed by atoms with E-state index >= 15 is 0 Å². The maximum atomic E-state index is 12.0. The normalized spacial score (nSPS) is 25.1. The number of hydrogen-bond donors (Lipinski definition) is 2. The van der Waals surface area contributed by atoms with E-state index in [2.05, 4.69) is 15.6 Å². The maximum Gasteiger partial charge on any atom is 0.251 e. The summed E-state index contributed by atoms with van der Waals surface area (Å²) in [5.74, 6) is 0.202. The summed E-state index contributed by atoms with van der Waals surface area (Å²) in [4.78, 5) is 16.5. The molecule has 0 bridgehead atoms. The van der Waals surface area contributed by atoms with E-state index in [1.165, 1.54) is 11.8 Å². The standard InChI is InChI=1S/C15H19N3O3S2/c1-9(2)16-14(19)10-4-3-5-11(6-10)17-15-18-12-7-23(20,21)8-13(12)22-15/h3-6,9,12-13H,7-8H2,1-2H3,(H,16,19)(H,17,18)/t12-,13-/m1/s1. The van der Waals surface area contributed by atoms with E-state index in [0.29, 0.717) is 5.56 Å². The minimum absolute atomic E-state index is 0.00919. The molecule has 6 nitrogen and oxygen atoms in total. The van der Waals surface area contributed by atoms with Crippen molar-refractivity contribution < 1.29 is 13.2 Å². The van der Waals surface area contributed by atoms with Crippen LogP contribution < -0.4 is 10.6 Å². The molecule has 0 aliphatic carbocycles. The van der Waals surface area contributed by atoms with Gasteiger partial charge in [-0.25, -0.2) is 8.42 Å². The minimum Gasteiger partial charge on any atom is -0.350 e. The fourth-order valence-electron chi connectivity index (χ4n) is 2.62. The number of anilines is 1. The number of sulfone groups is 1. The van der Waals surface area contributed by atoms with Crippen LogP contribution in [0.1, 0.15) is 24.2 Å². The Kier molecular flexibility index (Phi) is 4.37. The summed E-state index contributed by atoms with van der Waals surface area (Å²) in [6.45, 7) is 3.83. The molecule has 0 spiro atoms. The number of rotatable bonds is 3. The number of carbonyl (C=O) groups excluding carboxylic acids is 1. The number of carbonyl (C=O) groups is 1. The lowest BCUT2D eigenvalue weighted by atomic mass is 10.2. The second-order valence-electron chi connectivity index (χ2n) is 6.07. The number of aliphatic imine (C=N–C) groups is 1. The highest BCUT2D eigenvalue weighted by Gasteiger charge is 2.42. The van der Waals surface area contributed by atoms with Crippen molar-refractivity contribution in [1.29, 1.82) is 0 Å². The van der Waals surface area contributed by atoms with Crippen LogP contribution in [0.5, 0.6) is 0 Å². The van der Waals surface area contributed by atoms with E-state index in [-0.39, 0.29) is 34.7 Å². The minimum atomic E-state index is -2.94. The van der Waals surface area contributed by atoms with Crippen molar-refractivity contribution in [3.05, 3.63) is 29.8 Å². The molecule has 1 amide bonds. The van der Waals surface area contributed by atoms with E-state index in [1.54, 1.807) is 12.1 Å². The Bertz CT molecular complexity index is 759. The van der Waals surface area contributed by atoms with E-state index in [9.17, 15) is 13.2 Å². The quantitative estimate of drug-likeness (QED) is 0.860. The average Bonchev–Trinajstić information content (AvgIpc) is 2.90. The molecule has 2 aliphatic heterocycles. The fourth-order valence-corrected chi connectivity index (χ4v) is 6.30. The second-order valence-corrected chi connectivity index (χ2v) is 9.45. The van der Waals surface area contributed by atoms with E-state index in [4.69, 9.17) is 0 Å². The van der Waals surface area contributed by atoms with Gasteiger partial charge in [0, 0.05) is 22.5 Å². The Hall–Kier alpha value is -1.54. The summed E-state index contributed by atoms with van der Waals surface area (Å²) in [5.41, 5.74) is 1.35. The molecule has 0 radical (unpaired) electrons. The van der Waals surface area contributed by atoms with Crippen molar-refractivity contribution in [2.24, 2.45) is 4.99 Å². The Labute approximate surface area is 140 Å². The molecule has 3 rings (SSSR count). The third kappa shape index (κ3) is 3.87. The number of benzene rings is 1. The molecule has 23 heavy (non-hydrogen) atoms. The molecule has 0 aromatic heterocycles. The van der Waals surface area contributed by atoms with Gasteiger partial charge in [0.1, 0.15) is 0 Å². The summed E-state index contributed by atoms with van der Waals surface area (Å²) < 4.78 is 23.1. The summed E-state index contributed by atoms with van der Waals surface area (Å²) >= 11 is 1.46. The first-order valence-corrected chi connectivity index (χ1v) is 10.2. The van der Waals surface area contributed by atoms with Gasteiger partial charge in [0.05, 0.1) is 17.5 Å². The molecule has 2 heterocycles. The van der Waals surface area contributed by atoms with Crippen molar-refractivity contribution in [3.8, 4) is 0 Å². The Morgan fingerprint density at radius 3 is 2.83 bits per heavy atom. The SMILES string of the molecule is CC(C)NC(=O)c1cccc(NC2=N[C@@H]3CS(=O)(=O)C[C@H]3S2)c1. The lowest BCUT2D eigenvalue weighted by molar-refractivity contribution is 0.0943. The largest absolute Gasteiger partial charge is 0.350 e. The number of nitrogens with one attached hydrogen (secondary N) is 2. The highest BCUT2D eigenvalue weighted by atomic mass is 32.2. The number of amides is 1. The van der Waals surface area contributed by atoms with Crippen LogP contribution in [0.25, 0.3) is 0 Å². The first-order chi connectivity index (χ1) is 10.8. The van der Waals surface area contributed by atoms with Gasteiger partial charge in [-0.3, -0.25) is 9.79 Å². The molecule has 2 N–H and O–H groups in total. The predicted molar refractivity (Wildman–Crippen MR) is 93.9 cm³/mol. The lowest BCUT2D eigenvalue weighted by Gasteiger charge is -2.11. The molecule has 2 aliphatic rings. The zero-order chi connectivity index (χ0) is 16.6. The van der Waals surface area contributed by atoms with Crippen molar-refractivity contribution in [2.75, 3.05) is 16.8 Å². The molecule has 8 heteroatoms. The molecular formula is C15H19N3O3S2. The molecule has 1 fully saturated rings. The van der Waals surface area contributed by atoms with Gasteiger partial charge in [0.25, 0.3) is 5.91 Å². The van der Waals surface area contributed by atoms with Crippen LogP contribution in [0, 0.1) is 0 Å². The van der Waals surface area contributed by atoms with Crippen molar-refractivity contribution in [1.82, 2.24) is 5.32 Å². The Morgan fingerprint density at radius 1 is 1.35 bits per heavy atom. The molecule has 1 saturated heterocycles. The average molecular weight is 353 g/mol. The molecule has 0 saturated carbocycles. The van der Waals surface area contributed by atoms with Gasteiger partial charge in [-0.05, 0) is 32.0 Å². The molecule has 124 valence electrons. The first-order valence-electron chi connectivity index (χ1n) is 7.45. The van der Waals surface area contributed by atoms with Crippen LogP contribution in [-0.4, -0.2) is 48.3 Å². The Balaban J connectivity index is 1.69. The number of thioether (sulfide) groups is 1. The molecule has 0 unspecified atom stereocenters. The monoisotopic (exact) mass is 353 g/mol. The van der Waals surface area contributed by atoms with Gasteiger partial charge in [0.2, 0.25) is 0 Å². The number of hydrogen-bond acceptors (Lipinski definition) is 6. The van der Waals surface area contributed by atoms with Crippen LogP contribution in [-0.2, 0) is 9.84 Å². The van der Waals surface area contributed by atoms with Gasteiger partial charge in [0.15, 0.2) is 15.0 Å². The molecule has 2 atom stereocenters. The van der Waals surface area contributed by atoms with Crippen LogP contribution in [0.4, 0.5) is 5.69 Å². The smallest absolute Gasteiger partial charge is 0.251 e. The number of nitrogens with zero attached hydrogens (tertiary/aromatic N) is 1. The van der Waals surface area contributed by atoms with Crippen molar-refractivity contribution in [3.63, 3.8) is 0 Å². The molecular weight excluding hydrogens is 334 g/mol.